The average Bonchev–Trinajstić information content (AvgIpc) is 3.27. The zero-order chi connectivity index (χ0) is 18.5. The van der Waals surface area contributed by atoms with Gasteiger partial charge in [0.25, 0.3) is 11.7 Å². The molecular formula is C19H19NO5S. The third-order valence-electron chi connectivity index (χ3n) is 4.11. The van der Waals surface area contributed by atoms with Crippen molar-refractivity contribution >= 4 is 28.8 Å². The molecule has 0 unspecified atom stereocenters. The molecule has 1 saturated heterocycles. The van der Waals surface area contributed by atoms with Gasteiger partial charge >= 0.3 is 0 Å². The lowest BCUT2D eigenvalue weighted by Gasteiger charge is -2.23. The maximum atomic E-state index is 12.6. The highest BCUT2D eigenvalue weighted by Crippen LogP contribution is 2.40. The molecule has 2 heterocycles. The predicted molar refractivity (Wildman–Crippen MR) is 97.7 cm³/mol. The summed E-state index contributed by atoms with van der Waals surface area (Å²) in [5.74, 6) is -1.54. The molecule has 136 valence electrons. The van der Waals surface area contributed by atoms with Gasteiger partial charge in [-0.1, -0.05) is 36.4 Å². The number of ketones is 1. The molecule has 0 bridgehead atoms. The molecule has 1 aliphatic rings. The quantitative estimate of drug-likeness (QED) is 0.336. The molecule has 0 spiro atoms. The van der Waals surface area contributed by atoms with Crippen molar-refractivity contribution in [3.05, 3.63) is 63.9 Å². The summed E-state index contributed by atoms with van der Waals surface area (Å²) in [7, 11) is 0. The van der Waals surface area contributed by atoms with E-state index in [4.69, 9.17) is 9.84 Å². The highest BCUT2D eigenvalue weighted by Gasteiger charge is 2.46. The molecule has 7 heteroatoms. The van der Waals surface area contributed by atoms with Gasteiger partial charge in [-0.05, 0) is 11.4 Å². The fourth-order valence-corrected chi connectivity index (χ4v) is 3.78. The van der Waals surface area contributed by atoms with Crippen LogP contribution in [0.25, 0.3) is 5.76 Å². The number of thiophene rings is 1. The first-order valence-electron chi connectivity index (χ1n) is 8.21. The summed E-state index contributed by atoms with van der Waals surface area (Å²) in [4.78, 5) is 27.4. The first-order chi connectivity index (χ1) is 12.6. The topological polar surface area (TPSA) is 87.1 Å². The van der Waals surface area contributed by atoms with E-state index < -0.39 is 17.7 Å². The van der Waals surface area contributed by atoms with Crippen molar-refractivity contribution in [3.63, 3.8) is 0 Å². The predicted octanol–water partition coefficient (Wildman–Crippen LogP) is 2.18. The molecule has 1 amide bonds. The lowest BCUT2D eigenvalue weighted by molar-refractivity contribution is -0.140. The number of aliphatic hydroxyl groups is 2. The number of carbonyl (C=O) groups excluding carboxylic acids is 2. The third kappa shape index (κ3) is 3.55. The molecule has 0 aliphatic carbocycles. The number of carbonyl (C=O) groups is 2. The van der Waals surface area contributed by atoms with Gasteiger partial charge in [-0.25, -0.2) is 0 Å². The highest BCUT2D eigenvalue weighted by molar-refractivity contribution is 7.10. The number of benzene rings is 1. The Morgan fingerprint density at radius 2 is 1.88 bits per heavy atom. The minimum atomic E-state index is -0.702. The van der Waals surface area contributed by atoms with Crippen LogP contribution in [0, 0.1) is 0 Å². The van der Waals surface area contributed by atoms with Gasteiger partial charge in [0.15, 0.2) is 0 Å². The van der Waals surface area contributed by atoms with Crippen LogP contribution in [0.15, 0.2) is 53.4 Å². The Morgan fingerprint density at radius 1 is 1.12 bits per heavy atom. The third-order valence-corrected chi connectivity index (χ3v) is 5.04. The number of likely N-dealkylation sites (tertiary alicyclic amines) is 1. The molecule has 0 radical (unpaired) electrons. The fraction of sp³-hybridized carbons (Fsp3) is 0.263. The minimum Gasteiger partial charge on any atom is -0.507 e. The number of nitrogens with zero attached hydrogens (tertiary/aromatic N) is 1. The van der Waals surface area contributed by atoms with Crippen molar-refractivity contribution < 1.29 is 24.5 Å². The summed E-state index contributed by atoms with van der Waals surface area (Å²) in [6, 6.07) is 11.7. The van der Waals surface area contributed by atoms with Crippen LogP contribution in [0.5, 0.6) is 0 Å². The Balaban J connectivity index is 2.00. The Morgan fingerprint density at radius 3 is 2.54 bits per heavy atom. The van der Waals surface area contributed by atoms with E-state index in [0.717, 1.165) is 4.88 Å². The van der Waals surface area contributed by atoms with Crippen molar-refractivity contribution in [2.45, 2.75) is 6.04 Å². The van der Waals surface area contributed by atoms with Crippen LogP contribution in [0.4, 0.5) is 0 Å². The van der Waals surface area contributed by atoms with Crippen LogP contribution < -0.4 is 0 Å². The summed E-state index contributed by atoms with van der Waals surface area (Å²) in [6.07, 6.45) is 0. The lowest BCUT2D eigenvalue weighted by Crippen LogP contribution is -2.32. The van der Waals surface area contributed by atoms with Gasteiger partial charge in [0.1, 0.15) is 5.76 Å². The molecule has 3 rings (SSSR count). The molecular weight excluding hydrogens is 354 g/mol. The lowest BCUT2D eigenvalue weighted by atomic mass is 10.00. The standard InChI is InChI=1S/C19H19NO5S/c21-9-11-25-10-8-20-16(14-7-4-12-26-14)15(18(23)19(20)24)17(22)13-5-2-1-3-6-13/h1-7,12,16,21-22H,8-11H2/t16-/m0/s1. The molecule has 26 heavy (non-hydrogen) atoms. The van der Waals surface area contributed by atoms with Crippen molar-refractivity contribution in [3.8, 4) is 0 Å². The van der Waals surface area contributed by atoms with Crippen molar-refractivity contribution in [1.82, 2.24) is 4.90 Å². The Labute approximate surface area is 155 Å². The monoisotopic (exact) mass is 373 g/mol. The van der Waals surface area contributed by atoms with Crippen LogP contribution >= 0.6 is 11.3 Å². The van der Waals surface area contributed by atoms with Gasteiger partial charge < -0.3 is 19.8 Å². The first kappa shape index (κ1) is 18.3. The van der Waals surface area contributed by atoms with Crippen LogP contribution in [0.2, 0.25) is 0 Å². The molecule has 1 atom stereocenters. The van der Waals surface area contributed by atoms with Crippen LogP contribution in [0.3, 0.4) is 0 Å². The van der Waals surface area contributed by atoms with E-state index in [1.54, 1.807) is 24.3 Å². The van der Waals surface area contributed by atoms with E-state index in [9.17, 15) is 14.7 Å². The van der Waals surface area contributed by atoms with E-state index in [1.807, 2.05) is 23.6 Å². The smallest absolute Gasteiger partial charge is 0.295 e. The largest absolute Gasteiger partial charge is 0.507 e. The second kappa shape index (κ2) is 8.27. The van der Waals surface area contributed by atoms with E-state index in [0.29, 0.717) is 5.56 Å². The van der Waals surface area contributed by atoms with Gasteiger partial charge in [-0.15, -0.1) is 11.3 Å². The van der Waals surface area contributed by atoms with Gasteiger partial charge in [0.2, 0.25) is 0 Å². The number of aliphatic hydroxyl groups excluding tert-OH is 2. The average molecular weight is 373 g/mol. The number of amides is 1. The molecule has 1 aromatic heterocycles. The summed E-state index contributed by atoms with van der Waals surface area (Å²) < 4.78 is 5.24. The van der Waals surface area contributed by atoms with Crippen LogP contribution in [-0.2, 0) is 14.3 Å². The van der Waals surface area contributed by atoms with Gasteiger partial charge in [-0.3, -0.25) is 9.59 Å². The van der Waals surface area contributed by atoms with Crippen molar-refractivity contribution in [1.29, 1.82) is 0 Å². The molecule has 6 nitrogen and oxygen atoms in total. The number of hydrogen-bond acceptors (Lipinski definition) is 6. The summed E-state index contributed by atoms with van der Waals surface area (Å²) in [5.41, 5.74) is 0.578. The molecule has 1 aromatic carbocycles. The molecule has 2 N–H and O–H groups in total. The first-order valence-corrected chi connectivity index (χ1v) is 9.09. The molecule has 0 saturated carbocycles. The maximum Gasteiger partial charge on any atom is 0.295 e. The van der Waals surface area contributed by atoms with E-state index in [2.05, 4.69) is 0 Å². The summed E-state index contributed by atoms with van der Waals surface area (Å²) >= 11 is 1.42. The number of hydrogen-bond donors (Lipinski definition) is 2. The zero-order valence-electron chi connectivity index (χ0n) is 14.0. The second-order valence-electron chi connectivity index (χ2n) is 5.71. The second-order valence-corrected chi connectivity index (χ2v) is 6.69. The number of rotatable bonds is 7. The summed E-state index contributed by atoms with van der Waals surface area (Å²) in [6.45, 7) is 0.443. The Bertz CT molecular complexity index is 801. The van der Waals surface area contributed by atoms with Crippen molar-refractivity contribution in [2.24, 2.45) is 0 Å². The maximum absolute atomic E-state index is 12.6. The Kier molecular flexibility index (Phi) is 5.82. The molecule has 1 fully saturated rings. The zero-order valence-corrected chi connectivity index (χ0v) is 14.8. The SMILES string of the molecule is O=C1C(=O)N(CCOCCO)[C@@H](c2cccs2)C1=C(O)c1ccccc1. The normalized spacial score (nSPS) is 19.3. The number of Topliss-reactive ketones (excluding diaryl/α,β-unsaturated/α-hetero) is 1. The Hall–Kier alpha value is -2.48. The van der Waals surface area contributed by atoms with E-state index >= 15 is 0 Å². The van der Waals surface area contributed by atoms with E-state index in [1.165, 1.54) is 16.2 Å². The van der Waals surface area contributed by atoms with Crippen LogP contribution in [0.1, 0.15) is 16.5 Å². The molecule has 2 aromatic rings. The van der Waals surface area contributed by atoms with Gasteiger partial charge in [-0.2, -0.15) is 0 Å². The van der Waals surface area contributed by atoms with Gasteiger partial charge in [0, 0.05) is 17.0 Å². The van der Waals surface area contributed by atoms with Crippen molar-refractivity contribution in [2.75, 3.05) is 26.4 Å². The van der Waals surface area contributed by atoms with Crippen LogP contribution in [-0.4, -0.2) is 53.2 Å². The molecule has 1 aliphatic heterocycles. The summed E-state index contributed by atoms with van der Waals surface area (Å²) in [5, 5.41) is 21.4. The minimum absolute atomic E-state index is 0.0887. The fourth-order valence-electron chi connectivity index (χ4n) is 2.93. The van der Waals surface area contributed by atoms with Gasteiger partial charge in [0.05, 0.1) is 31.4 Å². The van der Waals surface area contributed by atoms with E-state index in [-0.39, 0.29) is 37.7 Å². The number of ether oxygens (including phenoxy) is 1. The highest BCUT2D eigenvalue weighted by atomic mass is 32.1.